The summed E-state index contributed by atoms with van der Waals surface area (Å²) >= 11 is 0. The van der Waals surface area contributed by atoms with E-state index in [9.17, 15) is 9.59 Å². The van der Waals surface area contributed by atoms with Crippen LogP contribution < -0.4 is 9.47 Å². The van der Waals surface area contributed by atoms with Crippen molar-refractivity contribution >= 4 is 11.8 Å². The highest BCUT2D eigenvalue weighted by atomic mass is 16.7. The van der Waals surface area contributed by atoms with Crippen LogP contribution in [0.1, 0.15) is 41.3 Å². The molecule has 1 saturated heterocycles. The van der Waals surface area contributed by atoms with Crippen molar-refractivity contribution in [3.8, 4) is 11.5 Å². The maximum atomic E-state index is 13.0. The van der Waals surface area contributed by atoms with Crippen molar-refractivity contribution in [2.75, 3.05) is 33.0 Å². The molecular formula is C23H27N3O5. The number of carbonyl (C=O) groups excluding carboxylic acids is 2. The molecule has 8 heteroatoms. The number of ether oxygens (including phenoxy) is 2. The maximum absolute atomic E-state index is 13.0. The number of hydrogen-bond acceptors (Lipinski definition) is 6. The summed E-state index contributed by atoms with van der Waals surface area (Å²) in [6, 6.07) is 5.95. The third-order valence-corrected chi connectivity index (χ3v) is 6.65. The molecule has 1 aromatic heterocycles. The quantitative estimate of drug-likeness (QED) is 0.732. The SMILES string of the molecule is Cc1noc(C)c1CCC(=O)N1CCN(C(=O)[C@H]2C[C@H]2c2ccc3c(c2)OCO3)CC1. The number of nitrogens with zero attached hydrogens (tertiary/aromatic N) is 3. The van der Waals surface area contributed by atoms with Crippen LogP contribution in [-0.4, -0.2) is 59.7 Å². The van der Waals surface area contributed by atoms with Crippen LogP contribution in [0.5, 0.6) is 11.5 Å². The number of amides is 2. The van der Waals surface area contributed by atoms with E-state index in [1.807, 2.05) is 41.8 Å². The second-order valence-corrected chi connectivity index (χ2v) is 8.57. The molecule has 0 N–H and O–H groups in total. The smallest absolute Gasteiger partial charge is 0.231 e. The molecule has 8 nitrogen and oxygen atoms in total. The van der Waals surface area contributed by atoms with Crippen LogP contribution >= 0.6 is 0 Å². The Morgan fingerprint density at radius 3 is 2.55 bits per heavy atom. The van der Waals surface area contributed by atoms with Gasteiger partial charge < -0.3 is 23.8 Å². The minimum absolute atomic E-state index is 0.0298. The Morgan fingerprint density at radius 1 is 1.06 bits per heavy atom. The summed E-state index contributed by atoms with van der Waals surface area (Å²) < 4.78 is 16.0. The molecule has 0 radical (unpaired) electrons. The van der Waals surface area contributed by atoms with Crippen LogP contribution in [0.3, 0.4) is 0 Å². The highest BCUT2D eigenvalue weighted by Gasteiger charge is 2.46. The van der Waals surface area contributed by atoms with Crippen LogP contribution in [0.15, 0.2) is 22.7 Å². The Morgan fingerprint density at radius 2 is 1.81 bits per heavy atom. The fourth-order valence-corrected chi connectivity index (χ4v) is 4.64. The molecule has 3 aliphatic rings. The molecule has 3 heterocycles. The Kier molecular flexibility index (Phi) is 5.08. The van der Waals surface area contributed by atoms with Gasteiger partial charge in [-0.25, -0.2) is 0 Å². The second kappa shape index (κ2) is 7.90. The minimum atomic E-state index is 0.0298. The first kappa shape index (κ1) is 19.9. The van der Waals surface area contributed by atoms with Crippen LogP contribution in [0.2, 0.25) is 0 Å². The summed E-state index contributed by atoms with van der Waals surface area (Å²) in [5, 5.41) is 3.95. The summed E-state index contributed by atoms with van der Waals surface area (Å²) in [5.74, 6) is 2.91. The zero-order valence-electron chi connectivity index (χ0n) is 17.9. The standard InChI is InChI=1S/C23H27N3O5/c1-14-17(15(2)31-24-14)4-6-22(27)25-7-9-26(10-8-25)23(28)19-12-18(19)16-3-5-20-21(11-16)30-13-29-20/h3,5,11,18-19H,4,6-10,12-13H2,1-2H3/t18-,19-/m0/s1. The van der Waals surface area contributed by atoms with E-state index >= 15 is 0 Å². The van der Waals surface area contributed by atoms with Gasteiger partial charge in [0.05, 0.1) is 5.69 Å². The molecule has 1 aliphatic carbocycles. The van der Waals surface area contributed by atoms with Gasteiger partial charge in [-0.05, 0) is 50.3 Å². The summed E-state index contributed by atoms with van der Waals surface area (Å²) in [7, 11) is 0. The van der Waals surface area contributed by atoms with Gasteiger partial charge in [0.25, 0.3) is 0 Å². The average molecular weight is 425 g/mol. The lowest BCUT2D eigenvalue weighted by atomic mass is 10.1. The van der Waals surface area contributed by atoms with Gasteiger partial charge in [0.1, 0.15) is 5.76 Å². The summed E-state index contributed by atoms with van der Waals surface area (Å²) in [6.07, 6.45) is 1.94. The highest BCUT2D eigenvalue weighted by molar-refractivity contribution is 5.83. The van der Waals surface area contributed by atoms with Crippen molar-refractivity contribution in [3.05, 3.63) is 40.8 Å². The zero-order valence-corrected chi connectivity index (χ0v) is 17.9. The van der Waals surface area contributed by atoms with Gasteiger partial charge in [-0.15, -0.1) is 0 Å². The predicted octanol–water partition coefficient (Wildman–Crippen LogP) is 2.43. The Labute approximate surface area is 181 Å². The summed E-state index contributed by atoms with van der Waals surface area (Å²) in [5.41, 5.74) is 3.00. The van der Waals surface area contributed by atoms with Crippen LogP contribution in [0.25, 0.3) is 0 Å². The normalized spacial score (nSPS) is 22.0. The number of rotatable bonds is 5. The average Bonchev–Trinajstić information content (AvgIpc) is 3.34. The van der Waals surface area contributed by atoms with Crippen molar-refractivity contribution < 1.29 is 23.6 Å². The predicted molar refractivity (Wildman–Crippen MR) is 111 cm³/mol. The van der Waals surface area contributed by atoms with Crippen molar-refractivity contribution in [1.82, 2.24) is 15.0 Å². The molecule has 2 fully saturated rings. The molecule has 2 aliphatic heterocycles. The molecule has 1 saturated carbocycles. The van der Waals surface area contributed by atoms with Crippen molar-refractivity contribution in [2.45, 2.75) is 39.0 Å². The lowest BCUT2D eigenvalue weighted by molar-refractivity contribution is -0.140. The lowest BCUT2D eigenvalue weighted by Gasteiger charge is -2.35. The molecule has 2 aromatic rings. The summed E-state index contributed by atoms with van der Waals surface area (Å²) in [4.78, 5) is 29.4. The molecule has 2 atom stereocenters. The topological polar surface area (TPSA) is 85.1 Å². The summed E-state index contributed by atoms with van der Waals surface area (Å²) in [6.45, 7) is 6.41. The monoisotopic (exact) mass is 425 g/mol. The van der Waals surface area contributed by atoms with E-state index in [1.165, 1.54) is 0 Å². The molecule has 0 spiro atoms. The first-order chi connectivity index (χ1) is 15.0. The molecule has 31 heavy (non-hydrogen) atoms. The zero-order chi connectivity index (χ0) is 21.5. The van der Waals surface area contributed by atoms with E-state index in [4.69, 9.17) is 14.0 Å². The number of aromatic nitrogens is 1. The fourth-order valence-electron chi connectivity index (χ4n) is 4.64. The van der Waals surface area contributed by atoms with Gasteiger partial charge >= 0.3 is 0 Å². The molecule has 0 bridgehead atoms. The van der Waals surface area contributed by atoms with Crippen LogP contribution in [-0.2, 0) is 16.0 Å². The molecule has 0 unspecified atom stereocenters. The molecule has 2 amide bonds. The number of hydrogen-bond donors (Lipinski definition) is 0. The highest BCUT2D eigenvalue weighted by Crippen LogP contribution is 2.50. The third-order valence-electron chi connectivity index (χ3n) is 6.65. The number of piperazine rings is 1. The Balaban J connectivity index is 1.11. The van der Waals surface area contributed by atoms with E-state index < -0.39 is 0 Å². The Bertz CT molecular complexity index is 989. The van der Waals surface area contributed by atoms with E-state index in [0.29, 0.717) is 39.0 Å². The van der Waals surface area contributed by atoms with Crippen molar-refractivity contribution in [1.29, 1.82) is 0 Å². The molecule has 5 rings (SSSR count). The minimum Gasteiger partial charge on any atom is -0.454 e. The number of benzene rings is 1. The van der Waals surface area contributed by atoms with Crippen molar-refractivity contribution in [3.63, 3.8) is 0 Å². The lowest BCUT2D eigenvalue weighted by Crippen LogP contribution is -2.51. The van der Waals surface area contributed by atoms with E-state index in [0.717, 1.165) is 40.5 Å². The number of carbonyl (C=O) groups is 2. The first-order valence-corrected chi connectivity index (χ1v) is 10.9. The first-order valence-electron chi connectivity index (χ1n) is 10.9. The van der Waals surface area contributed by atoms with Gasteiger partial charge in [0.15, 0.2) is 11.5 Å². The van der Waals surface area contributed by atoms with Crippen LogP contribution in [0.4, 0.5) is 0 Å². The van der Waals surface area contributed by atoms with Gasteiger partial charge in [-0.1, -0.05) is 11.2 Å². The van der Waals surface area contributed by atoms with Gasteiger partial charge in [0, 0.05) is 44.1 Å². The second-order valence-electron chi connectivity index (χ2n) is 8.57. The van der Waals surface area contributed by atoms with E-state index in [-0.39, 0.29) is 30.4 Å². The van der Waals surface area contributed by atoms with Gasteiger partial charge in [0.2, 0.25) is 18.6 Å². The van der Waals surface area contributed by atoms with E-state index in [1.54, 1.807) is 0 Å². The number of aryl methyl sites for hydroxylation is 2. The van der Waals surface area contributed by atoms with Crippen molar-refractivity contribution in [2.24, 2.45) is 5.92 Å². The van der Waals surface area contributed by atoms with Crippen LogP contribution in [0, 0.1) is 19.8 Å². The fraction of sp³-hybridized carbons (Fsp3) is 0.522. The third kappa shape index (κ3) is 3.86. The van der Waals surface area contributed by atoms with Gasteiger partial charge in [-0.3, -0.25) is 9.59 Å². The molecule has 1 aromatic carbocycles. The Hall–Kier alpha value is -3.03. The molecular weight excluding hydrogens is 398 g/mol. The number of fused-ring (bicyclic) bond motifs is 1. The van der Waals surface area contributed by atoms with E-state index in [2.05, 4.69) is 5.16 Å². The van der Waals surface area contributed by atoms with Gasteiger partial charge in [-0.2, -0.15) is 0 Å². The largest absolute Gasteiger partial charge is 0.454 e. The maximum Gasteiger partial charge on any atom is 0.231 e. The molecule has 164 valence electrons.